The maximum atomic E-state index is 7.46. The SMILES string of the molecule is CC(C)(C)c1cc(-c2ccccc2)cc(N2CN(c3cc(Oc4cc(C(C)(C)C)c5c6ccccc6n(-c6cc(C(C)(C)C)ccn6)c5c4)cc(-c4ccccc4)c3)C(C(C)(C)c3ccccc3)=C2C(C)(C)c2ccccc2)c1. The number of rotatable bonds is 11. The van der Waals surface area contributed by atoms with E-state index in [1.54, 1.807) is 0 Å². The first kappa shape index (κ1) is 52.9. The van der Waals surface area contributed by atoms with Gasteiger partial charge in [0.25, 0.3) is 0 Å². The molecule has 398 valence electrons. The summed E-state index contributed by atoms with van der Waals surface area (Å²) in [7, 11) is 0. The van der Waals surface area contributed by atoms with Crippen LogP contribution in [0.25, 0.3) is 49.9 Å². The number of para-hydroxylation sites is 1. The van der Waals surface area contributed by atoms with Gasteiger partial charge < -0.3 is 14.5 Å². The molecule has 0 spiro atoms. The smallest absolute Gasteiger partial charge is 0.137 e. The molecule has 1 aliphatic heterocycles. The Hall–Kier alpha value is -8.15. The number of hydrogen-bond acceptors (Lipinski definition) is 4. The lowest BCUT2D eigenvalue weighted by atomic mass is 9.73. The Labute approximate surface area is 469 Å². The van der Waals surface area contributed by atoms with Gasteiger partial charge >= 0.3 is 0 Å². The molecule has 0 amide bonds. The van der Waals surface area contributed by atoms with Crippen molar-refractivity contribution < 1.29 is 4.74 Å². The van der Waals surface area contributed by atoms with Crippen LogP contribution >= 0.6 is 0 Å². The van der Waals surface area contributed by atoms with Crippen LogP contribution in [-0.4, -0.2) is 16.2 Å². The highest BCUT2D eigenvalue weighted by atomic mass is 16.5. The fraction of sp³-hybridized carbons (Fsp3) is 0.257. The largest absolute Gasteiger partial charge is 0.457 e. The summed E-state index contributed by atoms with van der Waals surface area (Å²) in [6.45, 7) is 30.9. The van der Waals surface area contributed by atoms with Gasteiger partial charge in [-0.3, -0.25) is 4.57 Å². The van der Waals surface area contributed by atoms with E-state index in [0.29, 0.717) is 6.67 Å². The van der Waals surface area contributed by atoms with Gasteiger partial charge in [-0.1, -0.05) is 236 Å². The molecule has 5 nitrogen and oxygen atoms in total. The molecule has 0 aliphatic carbocycles. The summed E-state index contributed by atoms with van der Waals surface area (Å²) in [4.78, 5) is 10.3. The quantitative estimate of drug-likeness (QED) is 0.129. The van der Waals surface area contributed by atoms with Gasteiger partial charge in [0, 0.05) is 51.3 Å². The lowest BCUT2D eigenvalue weighted by Gasteiger charge is -2.38. The van der Waals surface area contributed by atoms with Crippen LogP contribution in [0.5, 0.6) is 11.5 Å². The molecule has 0 saturated carbocycles. The van der Waals surface area contributed by atoms with E-state index in [1.165, 1.54) is 61.1 Å². The minimum atomic E-state index is -0.483. The predicted octanol–water partition coefficient (Wildman–Crippen LogP) is 19.6. The molecule has 0 fully saturated rings. The molecule has 3 heterocycles. The third kappa shape index (κ3) is 10.1. The van der Waals surface area contributed by atoms with Crippen molar-refractivity contribution in [1.82, 2.24) is 9.55 Å². The average Bonchev–Trinajstić information content (AvgIpc) is 3.58. The van der Waals surface area contributed by atoms with Crippen molar-refractivity contribution in [3.63, 3.8) is 0 Å². The van der Waals surface area contributed by atoms with E-state index in [-0.39, 0.29) is 16.2 Å². The van der Waals surface area contributed by atoms with Gasteiger partial charge in [-0.05, 0) is 115 Å². The van der Waals surface area contributed by atoms with Crippen LogP contribution in [0.3, 0.4) is 0 Å². The molecule has 0 bridgehead atoms. The topological polar surface area (TPSA) is 33.5 Å². The predicted molar refractivity (Wildman–Crippen MR) is 334 cm³/mol. The standard InChI is InChI=1S/C74H76N4O/c1-70(2,3)56-38-39-75-66(45-56)78-64-37-27-26-36-62(64)67-63(72(7,8)9)47-61(48-65(67)78)79-60-43-53(51-30-20-15-21-31-51)42-59(46-60)77-49-76(58-41-52(50-28-18-14-19-29-50)40-57(44-58)71(4,5)6)68(73(10,11)54-32-22-16-23-33-54)69(77)74(12,13)55-34-24-17-25-35-55/h14-48H,49H2,1-13H3. The number of pyridine rings is 1. The molecule has 10 aromatic rings. The Morgan fingerprint density at radius 2 is 0.861 bits per heavy atom. The first-order valence-corrected chi connectivity index (χ1v) is 28.1. The molecular weight excluding hydrogens is 961 g/mol. The first-order chi connectivity index (χ1) is 37.6. The van der Waals surface area contributed by atoms with Crippen molar-refractivity contribution in [3.05, 3.63) is 252 Å². The van der Waals surface area contributed by atoms with Crippen LogP contribution in [0.4, 0.5) is 11.4 Å². The number of benzene rings is 8. The van der Waals surface area contributed by atoms with Gasteiger partial charge in [0.15, 0.2) is 0 Å². The molecule has 79 heavy (non-hydrogen) atoms. The molecule has 2 aromatic heterocycles. The van der Waals surface area contributed by atoms with Crippen LogP contribution in [-0.2, 0) is 27.1 Å². The highest BCUT2D eigenvalue weighted by Crippen LogP contribution is 2.52. The number of hydrogen-bond donors (Lipinski definition) is 0. The zero-order valence-electron chi connectivity index (χ0n) is 48.6. The molecule has 0 N–H and O–H groups in total. The molecule has 5 heteroatoms. The number of anilines is 2. The van der Waals surface area contributed by atoms with Gasteiger partial charge in [0.1, 0.15) is 17.3 Å². The monoisotopic (exact) mass is 1040 g/mol. The third-order valence-corrected chi connectivity index (χ3v) is 16.4. The molecule has 0 radical (unpaired) electrons. The normalized spacial score (nSPS) is 13.7. The third-order valence-electron chi connectivity index (χ3n) is 16.4. The summed E-state index contributed by atoms with van der Waals surface area (Å²) in [5.41, 5.74) is 16.3. The summed E-state index contributed by atoms with van der Waals surface area (Å²) < 4.78 is 9.79. The van der Waals surface area contributed by atoms with Crippen molar-refractivity contribution in [1.29, 1.82) is 0 Å². The Morgan fingerprint density at radius 3 is 1.39 bits per heavy atom. The van der Waals surface area contributed by atoms with Gasteiger partial charge in [0.2, 0.25) is 0 Å². The van der Waals surface area contributed by atoms with E-state index in [0.717, 1.165) is 50.9 Å². The van der Waals surface area contributed by atoms with Gasteiger partial charge in [-0.15, -0.1) is 0 Å². The second-order valence-electron chi connectivity index (χ2n) is 25.9. The minimum absolute atomic E-state index is 0.0554. The molecule has 1 aliphatic rings. The summed E-state index contributed by atoms with van der Waals surface area (Å²) in [6, 6.07) is 75.5. The summed E-state index contributed by atoms with van der Waals surface area (Å²) >= 11 is 0. The number of nitrogens with zero attached hydrogens (tertiary/aromatic N) is 4. The van der Waals surface area contributed by atoms with E-state index in [4.69, 9.17) is 9.72 Å². The van der Waals surface area contributed by atoms with Crippen LogP contribution < -0.4 is 14.5 Å². The lowest BCUT2D eigenvalue weighted by molar-refractivity contribution is 0.480. The Kier molecular flexibility index (Phi) is 13.4. The molecule has 0 atom stereocenters. The summed E-state index contributed by atoms with van der Waals surface area (Å²) in [6.07, 6.45) is 1.95. The maximum Gasteiger partial charge on any atom is 0.137 e. The molecule has 0 unspecified atom stereocenters. The van der Waals surface area contributed by atoms with Crippen LogP contribution in [0, 0.1) is 0 Å². The van der Waals surface area contributed by atoms with Crippen molar-refractivity contribution in [2.24, 2.45) is 0 Å². The highest BCUT2D eigenvalue weighted by Gasteiger charge is 2.46. The van der Waals surface area contributed by atoms with Crippen LogP contribution in [0.1, 0.15) is 118 Å². The van der Waals surface area contributed by atoms with Gasteiger partial charge in [-0.25, -0.2) is 4.98 Å². The van der Waals surface area contributed by atoms with Crippen molar-refractivity contribution in [2.75, 3.05) is 16.5 Å². The van der Waals surface area contributed by atoms with E-state index in [1.807, 2.05) is 6.20 Å². The van der Waals surface area contributed by atoms with Crippen molar-refractivity contribution in [2.45, 2.75) is 117 Å². The van der Waals surface area contributed by atoms with Gasteiger partial charge in [-0.2, -0.15) is 0 Å². The van der Waals surface area contributed by atoms with E-state index < -0.39 is 10.8 Å². The number of allylic oxidation sites excluding steroid dienone is 2. The zero-order chi connectivity index (χ0) is 55.6. The fourth-order valence-corrected chi connectivity index (χ4v) is 11.9. The van der Waals surface area contributed by atoms with E-state index in [9.17, 15) is 0 Å². The Balaban J connectivity index is 1.17. The second kappa shape index (κ2) is 19.9. The van der Waals surface area contributed by atoms with E-state index in [2.05, 4.69) is 311 Å². The lowest BCUT2D eigenvalue weighted by Crippen LogP contribution is -2.34. The molecular formula is C74H76N4O. The number of ether oxygens (including phenoxy) is 1. The highest BCUT2D eigenvalue weighted by molar-refractivity contribution is 6.11. The van der Waals surface area contributed by atoms with Crippen LogP contribution in [0.2, 0.25) is 0 Å². The summed E-state index contributed by atoms with van der Waals surface area (Å²) in [5.74, 6) is 2.42. The zero-order valence-corrected chi connectivity index (χ0v) is 48.6. The Morgan fingerprint density at radius 1 is 0.380 bits per heavy atom. The van der Waals surface area contributed by atoms with Crippen LogP contribution in [0.15, 0.2) is 224 Å². The minimum Gasteiger partial charge on any atom is -0.457 e. The fourth-order valence-electron chi connectivity index (χ4n) is 11.9. The average molecular weight is 1040 g/mol. The number of aromatic nitrogens is 2. The molecule has 8 aromatic carbocycles. The van der Waals surface area contributed by atoms with Crippen molar-refractivity contribution in [3.8, 4) is 39.6 Å². The number of fused-ring (bicyclic) bond motifs is 3. The molecule has 0 saturated heterocycles. The first-order valence-electron chi connectivity index (χ1n) is 28.1. The maximum absolute atomic E-state index is 7.46. The van der Waals surface area contributed by atoms with Crippen molar-refractivity contribution >= 4 is 33.2 Å². The van der Waals surface area contributed by atoms with E-state index >= 15 is 0 Å². The molecule has 11 rings (SSSR count). The summed E-state index contributed by atoms with van der Waals surface area (Å²) in [5, 5.41) is 2.41. The second-order valence-corrected chi connectivity index (χ2v) is 25.9. The Bertz CT molecular complexity index is 3880. The van der Waals surface area contributed by atoms with Gasteiger partial charge in [0.05, 0.1) is 29.1 Å².